The predicted octanol–water partition coefficient (Wildman–Crippen LogP) is 0.895. The van der Waals surface area contributed by atoms with Crippen LogP contribution in [0.2, 0.25) is 0 Å². The van der Waals surface area contributed by atoms with E-state index in [0.717, 1.165) is 31.0 Å². The molecule has 0 aromatic carbocycles. The van der Waals surface area contributed by atoms with Crippen molar-refractivity contribution in [1.82, 2.24) is 20.0 Å². The van der Waals surface area contributed by atoms with Gasteiger partial charge in [0.2, 0.25) is 0 Å². The van der Waals surface area contributed by atoms with Crippen LogP contribution >= 0.6 is 0 Å². The zero-order valence-corrected chi connectivity index (χ0v) is 11.4. The Labute approximate surface area is 121 Å². The fourth-order valence-corrected chi connectivity index (χ4v) is 3.12. The highest BCUT2D eigenvalue weighted by Gasteiger charge is 2.37. The maximum absolute atomic E-state index is 9.21. The monoisotopic (exact) mass is 282 g/mol. The molecule has 2 aromatic rings. The van der Waals surface area contributed by atoms with Crippen molar-refractivity contribution in [3.8, 4) is 6.07 Å². The summed E-state index contributed by atoms with van der Waals surface area (Å²) < 4.78 is 7.92. The fourth-order valence-electron chi connectivity index (χ4n) is 3.12. The number of rotatable bonds is 1. The van der Waals surface area contributed by atoms with E-state index in [1.54, 1.807) is 24.5 Å². The number of aromatic nitrogens is 4. The van der Waals surface area contributed by atoms with Gasteiger partial charge in [-0.3, -0.25) is 0 Å². The topological polar surface area (TPSA) is 79.9 Å². The van der Waals surface area contributed by atoms with Gasteiger partial charge in [-0.2, -0.15) is 5.26 Å². The molecule has 0 bridgehead atoms. The lowest BCUT2D eigenvalue weighted by molar-refractivity contribution is -0.0335. The molecular weight excluding hydrogens is 268 g/mol. The summed E-state index contributed by atoms with van der Waals surface area (Å²) in [4.78, 5) is 6.48. The van der Waals surface area contributed by atoms with Gasteiger partial charge in [-0.05, 0) is 18.6 Å². The van der Waals surface area contributed by atoms with Crippen molar-refractivity contribution in [2.24, 2.45) is 0 Å². The summed E-state index contributed by atoms with van der Waals surface area (Å²) in [7, 11) is 0. The molecule has 4 rings (SSSR count). The Balaban J connectivity index is 1.60. The van der Waals surface area contributed by atoms with Crippen LogP contribution in [0.4, 0.5) is 5.82 Å². The van der Waals surface area contributed by atoms with Crippen LogP contribution in [0.5, 0.6) is 0 Å². The second-order valence-corrected chi connectivity index (χ2v) is 5.31. The Bertz CT molecular complexity index is 705. The Morgan fingerprint density at radius 2 is 2.38 bits per heavy atom. The lowest BCUT2D eigenvalue weighted by Crippen LogP contribution is -2.49. The summed E-state index contributed by atoms with van der Waals surface area (Å²) in [6.07, 6.45) is 4.44. The number of hydrogen-bond donors (Lipinski definition) is 0. The molecule has 4 heterocycles. The van der Waals surface area contributed by atoms with Gasteiger partial charge in [0.05, 0.1) is 36.2 Å². The second kappa shape index (κ2) is 4.82. The average Bonchev–Trinajstić information content (AvgIpc) is 3.03. The number of piperidine rings is 1. The largest absolute Gasteiger partial charge is 0.368 e. The molecule has 7 nitrogen and oxygen atoms in total. The summed E-state index contributed by atoms with van der Waals surface area (Å²) in [5, 5.41) is 17.3. The van der Waals surface area contributed by atoms with E-state index in [-0.39, 0.29) is 12.1 Å². The van der Waals surface area contributed by atoms with Gasteiger partial charge in [-0.25, -0.2) is 9.67 Å². The molecule has 0 radical (unpaired) electrons. The van der Waals surface area contributed by atoms with Crippen LogP contribution < -0.4 is 4.90 Å². The highest BCUT2D eigenvalue weighted by Crippen LogP contribution is 2.32. The summed E-state index contributed by atoms with van der Waals surface area (Å²) in [6, 6.07) is 6.01. The number of ether oxygens (including phenoxy) is 1. The maximum atomic E-state index is 9.21. The molecule has 2 aromatic heterocycles. The molecule has 1 saturated heterocycles. The average molecular weight is 282 g/mol. The second-order valence-electron chi connectivity index (χ2n) is 5.31. The van der Waals surface area contributed by atoms with Crippen molar-refractivity contribution in [3.05, 3.63) is 35.8 Å². The molecule has 106 valence electrons. The van der Waals surface area contributed by atoms with E-state index in [0.29, 0.717) is 12.2 Å². The summed E-state index contributed by atoms with van der Waals surface area (Å²) >= 11 is 0. The van der Waals surface area contributed by atoms with Crippen molar-refractivity contribution in [3.63, 3.8) is 0 Å². The fraction of sp³-hybridized carbons (Fsp3) is 0.429. The number of nitriles is 1. The lowest BCUT2D eigenvalue weighted by Gasteiger charge is -2.41. The van der Waals surface area contributed by atoms with Crippen molar-refractivity contribution in [1.29, 1.82) is 5.26 Å². The van der Waals surface area contributed by atoms with E-state index in [9.17, 15) is 5.26 Å². The Hall–Kier alpha value is -2.46. The van der Waals surface area contributed by atoms with Crippen LogP contribution in [-0.4, -0.2) is 39.2 Å². The molecule has 7 heteroatoms. The van der Waals surface area contributed by atoms with E-state index < -0.39 is 0 Å². The van der Waals surface area contributed by atoms with Crippen LogP contribution in [-0.2, 0) is 11.3 Å². The molecule has 0 saturated carbocycles. The third kappa shape index (κ3) is 1.96. The van der Waals surface area contributed by atoms with Crippen molar-refractivity contribution in [2.45, 2.75) is 25.2 Å². The molecule has 2 aliphatic rings. The molecule has 0 N–H and O–H groups in total. The number of fused-ring (bicyclic) bond motifs is 3. The van der Waals surface area contributed by atoms with Crippen LogP contribution in [0.25, 0.3) is 0 Å². The molecule has 0 unspecified atom stereocenters. The van der Waals surface area contributed by atoms with Gasteiger partial charge >= 0.3 is 0 Å². The van der Waals surface area contributed by atoms with Gasteiger partial charge in [0.1, 0.15) is 11.9 Å². The van der Waals surface area contributed by atoms with Gasteiger partial charge in [-0.1, -0.05) is 5.21 Å². The van der Waals surface area contributed by atoms with Crippen molar-refractivity contribution >= 4 is 5.82 Å². The third-order valence-electron chi connectivity index (χ3n) is 4.14. The van der Waals surface area contributed by atoms with E-state index in [2.05, 4.69) is 26.3 Å². The summed E-state index contributed by atoms with van der Waals surface area (Å²) in [6.45, 7) is 2.08. The Morgan fingerprint density at radius 1 is 1.43 bits per heavy atom. The quantitative estimate of drug-likeness (QED) is 0.773. The molecule has 2 aliphatic heterocycles. The standard InChI is InChI=1S/C14H14N6O/c15-6-10-2-1-4-16-14(10)19-5-3-12-13(8-19)21-9-11-7-17-18-20(11)12/h1-2,4,7,12-13H,3,5,8-9H2/t12-,13-/m0/s1. The SMILES string of the molecule is N#Cc1cccnc1N1CC[C@H]2[C@H](C1)OCc1cnnn12. The normalized spacial score (nSPS) is 24.0. The number of anilines is 1. The van der Waals surface area contributed by atoms with Gasteiger partial charge in [0.15, 0.2) is 0 Å². The van der Waals surface area contributed by atoms with Gasteiger partial charge < -0.3 is 9.64 Å². The van der Waals surface area contributed by atoms with Crippen LogP contribution in [0, 0.1) is 11.3 Å². The summed E-state index contributed by atoms with van der Waals surface area (Å²) in [5.74, 6) is 0.742. The molecule has 0 aliphatic carbocycles. The first-order valence-electron chi connectivity index (χ1n) is 6.97. The lowest BCUT2D eigenvalue weighted by atomic mass is 10.00. The zero-order valence-electron chi connectivity index (χ0n) is 11.4. The van der Waals surface area contributed by atoms with Crippen LogP contribution in [0.3, 0.4) is 0 Å². The van der Waals surface area contributed by atoms with Gasteiger partial charge in [0.25, 0.3) is 0 Å². The number of pyridine rings is 1. The van der Waals surface area contributed by atoms with E-state index >= 15 is 0 Å². The first-order valence-corrected chi connectivity index (χ1v) is 6.97. The minimum atomic E-state index is 0.0569. The molecule has 0 spiro atoms. The van der Waals surface area contributed by atoms with Gasteiger partial charge in [0, 0.05) is 19.3 Å². The van der Waals surface area contributed by atoms with E-state index in [1.807, 2.05) is 4.68 Å². The molecule has 2 atom stereocenters. The van der Waals surface area contributed by atoms with Crippen LogP contribution in [0.1, 0.15) is 23.7 Å². The van der Waals surface area contributed by atoms with E-state index in [1.165, 1.54) is 0 Å². The molecule has 1 fully saturated rings. The molecule has 0 amide bonds. The smallest absolute Gasteiger partial charge is 0.146 e. The predicted molar refractivity (Wildman–Crippen MR) is 73.4 cm³/mol. The Morgan fingerprint density at radius 3 is 3.29 bits per heavy atom. The minimum Gasteiger partial charge on any atom is -0.368 e. The highest BCUT2D eigenvalue weighted by molar-refractivity contribution is 5.53. The van der Waals surface area contributed by atoms with Gasteiger partial charge in [-0.15, -0.1) is 5.10 Å². The maximum Gasteiger partial charge on any atom is 0.146 e. The highest BCUT2D eigenvalue weighted by atomic mass is 16.5. The van der Waals surface area contributed by atoms with Crippen LogP contribution in [0.15, 0.2) is 24.5 Å². The minimum absolute atomic E-state index is 0.0569. The molecular formula is C14H14N6O. The van der Waals surface area contributed by atoms with E-state index in [4.69, 9.17) is 4.74 Å². The number of hydrogen-bond acceptors (Lipinski definition) is 6. The first-order chi connectivity index (χ1) is 10.4. The molecule has 21 heavy (non-hydrogen) atoms. The number of nitrogens with zero attached hydrogens (tertiary/aromatic N) is 6. The zero-order chi connectivity index (χ0) is 14.2. The Kier molecular flexibility index (Phi) is 2.82. The van der Waals surface area contributed by atoms with Crippen molar-refractivity contribution < 1.29 is 4.74 Å². The first kappa shape index (κ1) is 12.3. The third-order valence-corrected chi connectivity index (χ3v) is 4.14. The van der Waals surface area contributed by atoms with Crippen molar-refractivity contribution in [2.75, 3.05) is 18.0 Å². The summed E-state index contributed by atoms with van der Waals surface area (Å²) in [5.41, 5.74) is 1.63.